The number of anilines is 1. The summed E-state index contributed by atoms with van der Waals surface area (Å²) in [6.45, 7) is 0.285. The van der Waals surface area contributed by atoms with Crippen LogP contribution in [0, 0.1) is 15.9 Å². The van der Waals surface area contributed by atoms with Crippen LogP contribution in [0.2, 0.25) is 0 Å². The van der Waals surface area contributed by atoms with Crippen LogP contribution in [0.4, 0.5) is 15.8 Å². The van der Waals surface area contributed by atoms with Crippen LogP contribution in [0.5, 0.6) is 0 Å². The molecule has 1 aliphatic carbocycles. The van der Waals surface area contributed by atoms with Crippen molar-refractivity contribution in [1.82, 2.24) is 5.32 Å². The molecule has 1 aromatic carbocycles. The highest BCUT2D eigenvalue weighted by atomic mass is 19.1. The molecule has 1 fully saturated rings. The first-order valence-corrected chi connectivity index (χ1v) is 6.03. The highest BCUT2D eigenvalue weighted by Gasteiger charge is 2.22. The Hall–Kier alpha value is -2.18. The molecule has 0 spiro atoms. The molecular weight excluding hydrogens is 253 g/mol. The molecule has 0 aliphatic heterocycles. The Labute approximate surface area is 109 Å². The van der Waals surface area contributed by atoms with Crippen LogP contribution in [0.15, 0.2) is 18.2 Å². The van der Waals surface area contributed by atoms with Gasteiger partial charge in [-0.2, -0.15) is 0 Å². The predicted molar refractivity (Wildman–Crippen MR) is 67.3 cm³/mol. The fourth-order valence-corrected chi connectivity index (χ4v) is 1.60. The van der Waals surface area contributed by atoms with E-state index in [9.17, 15) is 19.3 Å². The molecule has 1 aromatic rings. The quantitative estimate of drug-likeness (QED) is 0.608. The van der Waals surface area contributed by atoms with Crippen molar-refractivity contribution >= 4 is 17.3 Å². The van der Waals surface area contributed by atoms with Crippen LogP contribution in [0.3, 0.4) is 0 Å². The molecule has 1 saturated carbocycles. The number of halogens is 1. The van der Waals surface area contributed by atoms with Gasteiger partial charge in [0.2, 0.25) is 5.91 Å². The molecule has 0 bridgehead atoms. The maximum atomic E-state index is 13.5. The van der Waals surface area contributed by atoms with Crippen LogP contribution < -0.4 is 10.6 Å². The first-order chi connectivity index (χ1) is 9.06. The van der Waals surface area contributed by atoms with E-state index in [2.05, 4.69) is 10.6 Å². The molecule has 0 atom stereocenters. The number of hydrogen-bond donors (Lipinski definition) is 2. The van der Waals surface area contributed by atoms with Gasteiger partial charge in [0.1, 0.15) is 0 Å². The van der Waals surface area contributed by atoms with E-state index >= 15 is 0 Å². The number of amides is 1. The molecule has 2 N–H and O–H groups in total. The second kappa shape index (κ2) is 5.64. The molecule has 102 valence electrons. The third-order valence-electron chi connectivity index (χ3n) is 2.77. The molecule has 1 amide bonds. The van der Waals surface area contributed by atoms with Crippen molar-refractivity contribution in [2.24, 2.45) is 0 Å². The molecule has 6 nitrogen and oxygen atoms in total. The largest absolute Gasteiger partial charge is 0.382 e. The van der Waals surface area contributed by atoms with Gasteiger partial charge < -0.3 is 10.6 Å². The van der Waals surface area contributed by atoms with Gasteiger partial charge >= 0.3 is 0 Å². The fourth-order valence-electron chi connectivity index (χ4n) is 1.60. The number of hydrogen-bond acceptors (Lipinski definition) is 4. The smallest absolute Gasteiger partial charge is 0.272 e. The number of nitrogens with zero attached hydrogens (tertiary/aromatic N) is 1. The molecule has 0 radical (unpaired) electrons. The highest BCUT2D eigenvalue weighted by Crippen LogP contribution is 2.20. The van der Waals surface area contributed by atoms with Crippen LogP contribution >= 0.6 is 0 Å². The van der Waals surface area contributed by atoms with Gasteiger partial charge in [0, 0.05) is 25.1 Å². The lowest BCUT2D eigenvalue weighted by Gasteiger charge is -2.07. The number of nitro benzene ring substituents is 1. The molecule has 2 rings (SSSR count). The summed E-state index contributed by atoms with van der Waals surface area (Å²) in [5.41, 5.74) is -0.139. The minimum Gasteiger partial charge on any atom is -0.382 e. The third-order valence-corrected chi connectivity index (χ3v) is 2.77. The lowest BCUT2D eigenvalue weighted by molar-refractivity contribution is -0.385. The second-order valence-corrected chi connectivity index (χ2v) is 4.44. The number of benzene rings is 1. The normalized spacial score (nSPS) is 13.9. The van der Waals surface area contributed by atoms with Gasteiger partial charge in [-0.3, -0.25) is 14.9 Å². The van der Waals surface area contributed by atoms with Crippen molar-refractivity contribution in [3.8, 4) is 0 Å². The van der Waals surface area contributed by atoms with Gasteiger partial charge in [0.15, 0.2) is 5.82 Å². The summed E-state index contributed by atoms with van der Waals surface area (Å²) in [5.74, 6) is -0.769. The minimum absolute atomic E-state index is 0.0719. The molecule has 7 heteroatoms. The van der Waals surface area contributed by atoms with Crippen LogP contribution in [0.1, 0.15) is 19.3 Å². The zero-order valence-corrected chi connectivity index (χ0v) is 10.2. The van der Waals surface area contributed by atoms with E-state index in [-0.39, 0.29) is 30.2 Å². The minimum atomic E-state index is -0.697. The third kappa shape index (κ3) is 3.90. The summed E-state index contributed by atoms with van der Waals surface area (Å²) in [4.78, 5) is 21.2. The number of nitrogens with one attached hydrogen (secondary N) is 2. The molecular formula is C12H14FN3O3. The molecule has 0 heterocycles. The summed E-state index contributed by atoms with van der Waals surface area (Å²) >= 11 is 0. The Bertz CT molecular complexity index is 503. The average molecular weight is 267 g/mol. The molecule has 1 aliphatic rings. The average Bonchev–Trinajstić information content (AvgIpc) is 3.14. The topological polar surface area (TPSA) is 84.3 Å². The molecule has 0 saturated heterocycles. The van der Waals surface area contributed by atoms with Gasteiger partial charge in [-0.1, -0.05) is 0 Å². The van der Waals surface area contributed by atoms with E-state index < -0.39 is 10.7 Å². The Morgan fingerprint density at radius 2 is 2.21 bits per heavy atom. The van der Waals surface area contributed by atoms with E-state index in [4.69, 9.17) is 0 Å². The van der Waals surface area contributed by atoms with E-state index in [0.29, 0.717) is 6.04 Å². The number of nitro groups is 1. The number of non-ortho nitro benzene ring substituents is 1. The Morgan fingerprint density at radius 1 is 1.47 bits per heavy atom. The molecule has 0 aromatic heterocycles. The Kier molecular flexibility index (Phi) is 3.94. The van der Waals surface area contributed by atoms with Gasteiger partial charge in [0.05, 0.1) is 16.7 Å². The Balaban J connectivity index is 1.81. The summed E-state index contributed by atoms with van der Waals surface area (Å²) in [6, 6.07) is 3.68. The van der Waals surface area contributed by atoms with E-state index in [1.807, 2.05) is 0 Å². The van der Waals surface area contributed by atoms with Crippen LogP contribution in [0.25, 0.3) is 0 Å². The van der Waals surface area contributed by atoms with Gasteiger partial charge in [-0.25, -0.2) is 4.39 Å². The van der Waals surface area contributed by atoms with Gasteiger partial charge in [-0.15, -0.1) is 0 Å². The maximum absolute atomic E-state index is 13.5. The number of carbonyl (C=O) groups is 1. The van der Waals surface area contributed by atoms with Crippen LogP contribution in [-0.2, 0) is 4.79 Å². The van der Waals surface area contributed by atoms with Crippen molar-refractivity contribution in [3.63, 3.8) is 0 Å². The van der Waals surface area contributed by atoms with Gasteiger partial charge in [0.25, 0.3) is 5.69 Å². The van der Waals surface area contributed by atoms with Crippen molar-refractivity contribution in [1.29, 1.82) is 0 Å². The van der Waals surface area contributed by atoms with Crippen molar-refractivity contribution in [2.45, 2.75) is 25.3 Å². The SMILES string of the molecule is O=C(CCNc1ccc([N+](=O)[O-])cc1F)NC1CC1. The molecule has 19 heavy (non-hydrogen) atoms. The zero-order valence-electron chi connectivity index (χ0n) is 10.2. The predicted octanol–water partition coefficient (Wildman–Crippen LogP) is 1.81. The summed E-state index contributed by atoms with van der Waals surface area (Å²) < 4.78 is 13.5. The fraction of sp³-hybridized carbons (Fsp3) is 0.417. The summed E-state index contributed by atoms with van der Waals surface area (Å²) in [7, 11) is 0. The highest BCUT2D eigenvalue weighted by molar-refractivity contribution is 5.77. The van der Waals surface area contributed by atoms with Crippen molar-refractivity contribution < 1.29 is 14.1 Å². The second-order valence-electron chi connectivity index (χ2n) is 4.44. The summed E-state index contributed by atoms with van der Waals surface area (Å²) in [5, 5.41) is 16.0. The first kappa shape index (κ1) is 13.3. The zero-order chi connectivity index (χ0) is 13.8. The van der Waals surface area contributed by atoms with Crippen molar-refractivity contribution in [2.75, 3.05) is 11.9 Å². The standard InChI is InChI=1S/C12H14FN3O3/c13-10-7-9(16(18)19)3-4-11(10)14-6-5-12(17)15-8-1-2-8/h3-4,7-8,14H,1-2,5-6H2,(H,15,17). The summed E-state index contributed by atoms with van der Waals surface area (Å²) in [6.07, 6.45) is 2.29. The maximum Gasteiger partial charge on any atom is 0.272 e. The number of carbonyl (C=O) groups excluding carboxylic acids is 1. The number of rotatable bonds is 6. The lowest BCUT2D eigenvalue weighted by atomic mass is 10.2. The van der Waals surface area contributed by atoms with Crippen LogP contribution in [-0.4, -0.2) is 23.4 Å². The van der Waals surface area contributed by atoms with E-state index in [1.165, 1.54) is 12.1 Å². The van der Waals surface area contributed by atoms with E-state index in [0.717, 1.165) is 18.9 Å². The molecule has 0 unspecified atom stereocenters. The lowest BCUT2D eigenvalue weighted by Crippen LogP contribution is -2.27. The van der Waals surface area contributed by atoms with E-state index in [1.54, 1.807) is 0 Å². The monoisotopic (exact) mass is 267 g/mol. The van der Waals surface area contributed by atoms with Crippen molar-refractivity contribution in [3.05, 3.63) is 34.1 Å². The van der Waals surface area contributed by atoms with Gasteiger partial charge in [-0.05, 0) is 18.9 Å². The first-order valence-electron chi connectivity index (χ1n) is 6.03. The Morgan fingerprint density at radius 3 is 2.79 bits per heavy atom.